The van der Waals surface area contributed by atoms with Crippen molar-refractivity contribution in [1.29, 1.82) is 0 Å². The van der Waals surface area contributed by atoms with E-state index >= 15 is 0 Å². The molecule has 1 unspecified atom stereocenters. The van der Waals surface area contributed by atoms with Crippen molar-refractivity contribution < 1.29 is 5.48 Å². The van der Waals surface area contributed by atoms with E-state index in [0.29, 0.717) is 5.92 Å². The molecule has 0 saturated carbocycles. The molecule has 0 heterocycles. The minimum atomic E-state index is -0.0813. The molecular formula is C17H31NO. The largest absolute Gasteiger partial charge is 0.412 e. The van der Waals surface area contributed by atoms with Gasteiger partial charge in [-0.3, -0.25) is 0 Å². The summed E-state index contributed by atoms with van der Waals surface area (Å²) in [5.74, 6) is 0.580. The molecule has 1 aromatic rings. The topological polar surface area (TPSA) is 57.5 Å². The van der Waals surface area contributed by atoms with Crippen LogP contribution in [-0.4, -0.2) is 11.0 Å². The number of hydrogen-bond acceptors (Lipinski definition) is 1. The Balaban J connectivity index is 0.00000324. The maximum absolute atomic E-state index is 6.34. The lowest BCUT2D eigenvalue weighted by atomic mass is 9.80. The van der Waals surface area contributed by atoms with Crippen molar-refractivity contribution in [3.05, 3.63) is 35.9 Å². The van der Waals surface area contributed by atoms with Gasteiger partial charge in [0.25, 0.3) is 0 Å². The summed E-state index contributed by atoms with van der Waals surface area (Å²) in [6.45, 7) is 6.59. The van der Waals surface area contributed by atoms with E-state index in [2.05, 4.69) is 51.1 Å². The molecule has 0 spiro atoms. The summed E-state index contributed by atoms with van der Waals surface area (Å²) < 4.78 is 0. The van der Waals surface area contributed by atoms with Gasteiger partial charge < -0.3 is 11.2 Å². The zero-order chi connectivity index (χ0) is 13.4. The second kappa shape index (κ2) is 9.11. The van der Waals surface area contributed by atoms with Crippen molar-refractivity contribution in [2.24, 2.45) is 11.7 Å². The van der Waals surface area contributed by atoms with Crippen LogP contribution in [0.1, 0.15) is 58.4 Å². The van der Waals surface area contributed by atoms with Crippen LogP contribution in [0.5, 0.6) is 0 Å². The van der Waals surface area contributed by atoms with Gasteiger partial charge in [-0.25, -0.2) is 0 Å². The number of nitrogens with two attached hydrogens (primary N) is 1. The van der Waals surface area contributed by atoms with Crippen LogP contribution < -0.4 is 5.73 Å². The van der Waals surface area contributed by atoms with Gasteiger partial charge in [-0.15, -0.1) is 0 Å². The lowest BCUT2D eigenvalue weighted by molar-refractivity contribution is 0.290. The van der Waals surface area contributed by atoms with Crippen molar-refractivity contribution in [1.82, 2.24) is 0 Å². The molecular weight excluding hydrogens is 234 g/mol. The highest BCUT2D eigenvalue weighted by atomic mass is 16.0. The first-order chi connectivity index (χ1) is 8.54. The van der Waals surface area contributed by atoms with Gasteiger partial charge in [0.2, 0.25) is 0 Å². The fourth-order valence-electron chi connectivity index (χ4n) is 2.45. The van der Waals surface area contributed by atoms with E-state index in [1.54, 1.807) is 0 Å². The van der Waals surface area contributed by atoms with E-state index in [0.717, 1.165) is 6.42 Å². The third-order valence-corrected chi connectivity index (χ3v) is 3.78. The molecule has 0 radical (unpaired) electrons. The van der Waals surface area contributed by atoms with Crippen LogP contribution in [0.3, 0.4) is 0 Å². The van der Waals surface area contributed by atoms with Gasteiger partial charge in [0.15, 0.2) is 0 Å². The Morgan fingerprint density at radius 2 is 1.68 bits per heavy atom. The third-order valence-electron chi connectivity index (χ3n) is 3.78. The quantitative estimate of drug-likeness (QED) is 0.715. The van der Waals surface area contributed by atoms with Gasteiger partial charge >= 0.3 is 0 Å². The Bertz CT molecular complexity index is 316. The smallest absolute Gasteiger partial charge is 0.0129 e. The monoisotopic (exact) mass is 265 g/mol. The van der Waals surface area contributed by atoms with Gasteiger partial charge in [-0.2, -0.15) is 0 Å². The van der Waals surface area contributed by atoms with Crippen LogP contribution in [0.15, 0.2) is 30.3 Å². The molecule has 4 N–H and O–H groups in total. The Morgan fingerprint density at radius 1 is 1.05 bits per heavy atom. The maximum Gasteiger partial charge on any atom is 0.0129 e. The van der Waals surface area contributed by atoms with Crippen LogP contribution in [0.2, 0.25) is 0 Å². The normalized spacial score (nSPS) is 12.8. The first-order valence-corrected chi connectivity index (χ1v) is 7.37. The Kier molecular flexibility index (Phi) is 8.70. The minimum Gasteiger partial charge on any atom is -0.412 e. The molecule has 1 aromatic carbocycles. The van der Waals surface area contributed by atoms with Gasteiger partial charge in [0.1, 0.15) is 0 Å². The average Bonchev–Trinajstić information content (AvgIpc) is 2.33. The van der Waals surface area contributed by atoms with E-state index in [9.17, 15) is 0 Å². The number of unbranched alkanes of at least 4 members (excludes halogenated alkanes) is 3. The SMILES string of the molecule is CCCCCCC(Cc1ccccc1)C(C)(C)N.O. The van der Waals surface area contributed by atoms with Crippen molar-refractivity contribution >= 4 is 0 Å². The molecule has 2 nitrogen and oxygen atoms in total. The molecule has 2 heteroatoms. The zero-order valence-corrected chi connectivity index (χ0v) is 12.8. The van der Waals surface area contributed by atoms with Gasteiger partial charge in [-0.1, -0.05) is 62.9 Å². The van der Waals surface area contributed by atoms with E-state index in [-0.39, 0.29) is 11.0 Å². The first kappa shape index (κ1) is 18.1. The molecule has 110 valence electrons. The lowest BCUT2D eigenvalue weighted by Crippen LogP contribution is -2.42. The second-order valence-electron chi connectivity index (χ2n) is 6.06. The predicted octanol–water partition coefficient (Wildman–Crippen LogP) is 3.73. The summed E-state index contributed by atoms with van der Waals surface area (Å²) in [6, 6.07) is 10.7. The summed E-state index contributed by atoms with van der Waals surface area (Å²) >= 11 is 0. The molecule has 0 aliphatic heterocycles. The van der Waals surface area contributed by atoms with Crippen LogP contribution in [0, 0.1) is 5.92 Å². The summed E-state index contributed by atoms with van der Waals surface area (Å²) in [5.41, 5.74) is 7.67. The lowest BCUT2D eigenvalue weighted by Gasteiger charge is -2.31. The summed E-state index contributed by atoms with van der Waals surface area (Å²) in [6.07, 6.45) is 7.66. The Morgan fingerprint density at radius 3 is 2.21 bits per heavy atom. The Labute approximate surface area is 118 Å². The van der Waals surface area contributed by atoms with Gasteiger partial charge in [0.05, 0.1) is 0 Å². The summed E-state index contributed by atoms with van der Waals surface area (Å²) in [7, 11) is 0. The van der Waals surface area contributed by atoms with Crippen LogP contribution in [0.4, 0.5) is 0 Å². The molecule has 1 rings (SSSR count). The van der Waals surface area contributed by atoms with Crippen molar-refractivity contribution in [2.75, 3.05) is 0 Å². The van der Waals surface area contributed by atoms with Crippen molar-refractivity contribution in [3.63, 3.8) is 0 Å². The molecule has 0 fully saturated rings. The number of hydrogen-bond donors (Lipinski definition) is 1. The molecule has 0 aliphatic rings. The third kappa shape index (κ3) is 7.34. The van der Waals surface area contributed by atoms with E-state index < -0.39 is 0 Å². The Hall–Kier alpha value is -0.860. The van der Waals surface area contributed by atoms with Gasteiger partial charge in [-0.05, 0) is 38.2 Å². The second-order valence-corrected chi connectivity index (χ2v) is 6.06. The first-order valence-electron chi connectivity index (χ1n) is 7.37. The van der Waals surface area contributed by atoms with Crippen LogP contribution in [-0.2, 0) is 6.42 Å². The van der Waals surface area contributed by atoms with E-state index in [1.807, 2.05) is 0 Å². The average molecular weight is 265 g/mol. The molecule has 0 bridgehead atoms. The summed E-state index contributed by atoms with van der Waals surface area (Å²) in [4.78, 5) is 0. The maximum atomic E-state index is 6.34. The van der Waals surface area contributed by atoms with Crippen molar-refractivity contribution in [3.8, 4) is 0 Å². The molecule has 0 amide bonds. The molecule has 1 atom stereocenters. The van der Waals surface area contributed by atoms with Crippen LogP contribution in [0.25, 0.3) is 0 Å². The fraction of sp³-hybridized carbons (Fsp3) is 0.647. The van der Waals surface area contributed by atoms with E-state index in [1.165, 1.54) is 37.7 Å². The molecule has 0 saturated heterocycles. The number of rotatable bonds is 8. The number of benzene rings is 1. The summed E-state index contributed by atoms with van der Waals surface area (Å²) in [5, 5.41) is 0. The molecule has 0 aliphatic carbocycles. The molecule has 0 aromatic heterocycles. The van der Waals surface area contributed by atoms with Gasteiger partial charge in [0, 0.05) is 5.54 Å². The highest BCUT2D eigenvalue weighted by molar-refractivity contribution is 5.16. The van der Waals surface area contributed by atoms with E-state index in [4.69, 9.17) is 5.73 Å². The predicted molar refractivity (Wildman–Crippen MR) is 84.3 cm³/mol. The minimum absolute atomic E-state index is 0. The van der Waals surface area contributed by atoms with Crippen molar-refractivity contribution in [2.45, 2.75) is 64.8 Å². The highest BCUT2D eigenvalue weighted by Crippen LogP contribution is 2.25. The highest BCUT2D eigenvalue weighted by Gasteiger charge is 2.24. The van der Waals surface area contributed by atoms with Crippen LogP contribution >= 0.6 is 0 Å². The standard InChI is InChI=1S/C17H29N.H2O/c1-4-5-6-10-13-16(17(2,3)18)14-15-11-8-7-9-12-15;/h7-9,11-12,16H,4-6,10,13-14,18H2,1-3H3;1H2. The fourth-order valence-corrected chi connectivity index (χ4v) is 2.45. The zero-order valence-electron chi connectivity index (χ0n) is 12.8. The molecule has 19 heavy (non-hydrogen) atoms.